The van der Waals surface area contributed by atoms with E-state index in [1.807, 2.05) is 24.4 Å². The molecule has 0 saturated carbocycles. The highest BCUT2D eigenvalue weighted by Gasteiger charge is 1.94. The first-order valence-corrected chi connectivity index (χ1v) is 3.61. The minimum absolute atomic E-state index is 0.366. The van der Waals surface area contributed by atoms with Gasteiger partial charge in [-0.2, -0.15) is 0 Å². The van der Waals surface area contributed by atoms with Crippen molar-refractivity contribution in [1.29, 1.82) is 0 Å². The van der Waals surface area contributed by atoms with Crippen LogP contribution in [0.1, 0.15) is 11.8 Å². The van der Waals surface area contributed by atoms with Crippen LogP contribution in [0, 0.1) is 0 Å². The number of rotatable bonds is 1. The molecule has 0 aliphatic heterocycles. The Morgan fingerprint density at radius 2 is 2.56 bits per heavy atom. The van der Waals surface area contributed by atoms with Crippen LogP contribution in [0.25, 0.3) is 5.76 Å². The van der Waals surface area contributed by atoms with Crippen molar-refractivity contribution in [2.24, 2.45) is 0 Å². The largest absolute Gasteiger partial charge is 0.507 e. The minimum atomic E-state index is 0.366. The molecule has 0 atom stereocenters. The molecule has 1 nitrogen and oxygen atoms in total. The Morgan fingerprint density at radius 3 is 3.00 bits per heavy atom. The minimum Gasteiger partial charge on any atom is -0.507 e. The second-order valence-corrected chi connectivity index (χ2v) is 2.60. The maximum Gasteiger partial charge on any atom is 0.128 e. The number of aliphatic hydroxyl groups excluding tert-OH is 1. The summed E-state index contributed by atoms with van der Waals surface area (Å²) in [4.78, 5) is 0.928. The van der Waals surface area contributed by atoms with E-state index in [1.165, 1.54) is 11.3 Å². The fourth-order valence-electron chi connectivity index (χ4n) is 0.567. The molecule has 2 heteroatoms. The highest BCUT2D eigenvalue weighted by molar-refractivity contribution is 7.11. The second-order valence-electron chi connectivity index (χ2n) is 1.65. The molecule has 0 spiro atoms. The molecule has 1 aromatic heterocycles. The fourth-order valence-corrected chi connectivity index (χ4v) is 1.27. The molecule has 0 aliphatic rings. The number of aliphatic hydroxyl groups is 1. The number of allylic oxidation sites excluding steroid dienone is 1. The summed E-state index contributed by atoms with van der Waals surface area (Å²) in [6, 6.07) is 3.81. The second kappa shape index (κ2) is 2.69. The van der Waals surface area contributed by atoms with Gasteiger partial charge in [-0.1, -0.05) is 6.07 Å². The topological polar surface area (TPSA) is 20.2 Å². The zero-order valence-corrected chi connectivity index (χ0v) is 5.98. The summed E-state index contributed by atoms with van der Waals surface area (Å²) in [7, 11) is 0. The standard InChI is InChI=1S/C7H8OS/c1-2-6(8)7-4-3-5-9-7/h2-5,8H,1H3/b6-2-. The average Bonchev–Trinajstić information content (AvgIpc) is 2.37. The molecule has 0 saturated heterocycles. The molecule has 0 aromatic carbocycles. The molecule has 9 heavy (non-hydrogen) atoms. The maximum atomic E-state index is 9.09. The first-order chi connectivity index (χ1) is 4.34. The molecule has 0 aliphatic carbocycles. The first kappa shape index (κ1) is 6.36. The molecule has 0 bridgehead atoms. The van der Waals surface area contributed by atoms with E-state index in [-0.39, 0.29) is 0 Å². The Bertz CT molecular complexity index is 199. The molecule has 48 valence electrons. The molecular weight excluding hydrogens is 132 g/mol. The van der Waals surface area contributed by atoms with Gasteiger partial charge >= 0.3 is 0 Å². The summed E-state index contributed by atoms with van der Waals surface area (Å²) in [5.41, 5.74) is 0. The van der Waals surface area contributed by atoms with Crippen LogP contribution < -0.4 is 0 Å². The van der Waals surface area contributed by atoms with Gasteiger partial charge in [-0.15, -0.1) is 11.3 Å². The molecule has 0 amide bonds. The first-order valence-electron chi connectivity index (χ1n) is 2.73. The highest BCUT2D eigenvalue weighted by Crippen LogP contribution is 2.16. The SMILES string of the molecule is C/C=C(\O)c1cccs1. The summed E-state index contributed by atoms with van der Waals surface area (Å²) in [6.45, 7) is 1.81. The van der Waals surface area contributed by atoms with Crippen LogP contribution in [-0.4, -0.2) is 5.11 Å². The van der Waals surface area contributed by atoms with E-state index in [0.717, 1.165) is 4.88 Å². The molecular formula is C7H8OS. The fraction of sp³-hybridized carbons (Fsp3) is 0.143. The summed E-state index contributed by atoms with van der Waals surface area (Å²) in [6.07, 6.45) is 1.69. The van der Waals surface area contributed by atoms with E-state index in [1.54, 1.807) is 6.08 Å². The quantitative estimate of drug-likeness (QED) is 0.594. The van der Waals surface area contributed by atoms with Crippen molar-refractivity contribution in [3.63, 3.8) is 0 Å². The molecule has 0 radical (unpaired) electrons. The van der Waals surface area contributed by atoms with Gasteiger partial charge in [0.25, 0.3) is 0 Å². The lowest BCUT2D eigenvalue weighted by molar-refractivity contribution is 0.513. The number of hydrogen-bond acceptors (Lipinski definition) is 2. The average molecular weight is 140 g/mol. The van der Waals surface area contributed by atoms with Crippen LogP contribution in [0.15, 0.2) is 23.6 Å². The lowest BCUT2D eigenvalue weighted by atomic mass is 10.4. The lowest BCUT2D eigenvalue weighted by Crippen LogP contribution is -1.71. The Labute approximate surface area is 58.3 Å². The van der Waals surface area contributed by atoms with Crippen LogP contribution in [0.5, 0.6) is 0 Å². The summed E-state index contributed by atoms with van der Waals surface area (Å²) in [5.74, 6) is 0.366. The summed E-state index contributed by atoms with van der Waals surface area (Å²) in [5, 5.41) is 11.0. The van der Waals surface area contributed by atoms with Gasteiger partial charge in [0, 0.05) is 0 Å². The Morgan fingerprint density at radius 1 is 1.78 bits per heavy atom. The monoisotopic (exact) mass is 140 g/mol. The van der Waals surface area contributed by atoms with Crippen LogP contribution in [-0.2, 0) is 0 Å². The maximum absolute atomic E-state index is 9.09. The summed E-state index contributed by atoms with van der Waals surface area (Å²) < 4.78 is 0. The third-order valence-electron chi connectivity index (χ3n) is 1.05. The number of hydrogen-bond donors (Lipinski definition) is 1. The predicted molar refractivity (Wildman–Crippen MR) is 40.6 cm³/mol. The summed E-state index contributed by atoms with van der Waals surface area (Å²) >= 11 is 1.54. The normalized spacial score (nSPS) is 11.9. The van der Waals surface area contributed by atoms with Crippen molar-refractivity contribution in [2.75, 3.05) is 0 Å². The zero-order chi connectivity index (χ0) is 6.69. The van der Waals surface area contributed by atoms with Crippen molar-refractivity contribution in [3.05, 3.63) is 28.5 Å². The van der Waals surface area contributed by atoms with Crippen LogP contribution >= 0.6 is 11.3 Å². The van der Waals surface area contributed by atoms with Gasteiger partial charge in [0.05, 0.1) is 4.88 Å². The van der Waals surface area contributed by atoms with Crippen molar-refractivity contribution in [3.8, 4) is 0 Å². The van der Waals surface area contributed by atoms with Gasteiger partial charge in [-0.3, -0.25) is 0 Å². The van der Waals surface area contributed by atoms with E-state index < -0.39 is 0 Å². The third kappa shape index (κ3) is 1.33. The van der Waals surface area contributed by atoms with Crippen molar-refractivity contribution < 1.29 is 5.11 Å². The van der Waals surface area contributed by atoms with Crippen LogP contribution in [0.3, 0.4) is 0 Å². The van der Waals surface area contributed by atoms with Gasteiger partial charge in [0.2, 0.25) is 0 Å². The van der Waals surface area contributed by atoms with Crippen LogP contribution in [0.2, 0.25) is 0 Å². The van der Waals surface area contributed by atoms with Crippen molar-refractivity contribution >= 4 is 17.1 Å². The smallest absolute Gasteiger partial charge is 0.128 e. The van der Waals surface area contributed by atoms with Crippen molar-refractivity contribution in [1.82, 2.24) is 0 Å². The van der Waals surface area contributed by atoms with E-state index in [9.17, 15) is 0 Å². The van der Waals surface area contributed by atoms with E-state index in [4.69, 9.17) is 5.11 Å². The molecule has 1 aromatic rings. The Kier molecular flexibility index (Phi) is 1.90. The van der Waals surface area contributed by atoms with Crippen molar-refractivity contribution in [2.45, 2.75) is 6.92 Å². The van der Waals surface area contributed by atoms with E-state index in [0.29, 0.717) is 5.76 Å². The number of thiophene rings is 1. The van der Waals surface area contributed by atoms with Gasteiger partial charge in [-0.25, -0.2) is 0 Å². The Balaban J connectivity index is 2.90. The van der Waals surface area contributed by atoms with E-state index >= 15 is 0 Å². The molecule has 1 heterocycles. The Hall–Kier alpha value is -0.760. The van der Waals surface area contributed by atoms with Gasteiger partial charge < -0.3 is 5.11 Å². The molecule has 0 unspecified atom stereocenters. The van der Waals surface area contributed by atoms with Gasteiger partial charge in [0.15, 0.2) is 0 Å². The van der Waals surface area contributed by atoms with Gasteiger partial charge in [0.1, 0.15) is 5.76 Å². The zero-order valence-electron chi connectivity index (χ0n) is 5.16. The molecule has 1 N–H and O–H groups in total. The third-order valence-corrected chi connectivity index (χ3v) is 1.94. The van der Waals surface area contributed by atoms with Crippen LogP contribution in [0.4, 0.5) is 0 Å². The van der Waals surface area contributed by atoms with Gasteiger partial charge in [-0.05, 0) is 24.4 Å². The van der Waals surface area contributed by atoms with E-state index in [2.05, 4.69) is 0 Å². The molecule has 1 rings (SSSR count). The predicted octanol–water partition coefficient (Wildman–Crippen LogP) is 2.67. The lowest BCUT2D eigenvalue weighted by Gasteiger charge is -1.89. The highest BCUT2D eigenvalue weighted by atomic mass is 32.1. The molecule has 0 fully saturated rings.